The number of rotatable bonds is 2. The molecule has 128 valence electrons. The van der Waals surface area contributed by atoms with Crippen LogP contribution in [0.25, 0.3) is 0 Å². The minimum Gasteiger partial charge on any atom is -0.294 e. The number of anilines is 1. The van der Waals surface area contributed by atoms with E-state index in [9.17, 15) is 14.0 Å². The number of amides is 1. The summed E-state index contributed by atoms with van der Waals surface area (Å²) in [6, 6.07) is 8.54. The molecule has 0 bridgehead atoms. The molecule has 0 N–H and O–H groups in total. The Kier molecular flexibility index (Phi) is 4.33. The van der Waals surface area contributed by atoms with Crippen LogP contribution in [-0.2, 0) is 9.59 Å². The molecule has 1 aliphatic heterocycles. The summed E-state index contributed by atoms with van der Waals surface area (Å²) in [4.78, 5) is 28.0. The van der Waals surface area contributed by atoms with Crippen molar-refractivity contribution in [2.24, 2.45) is 0 Å². The van der Waals surface area contributed by atoms with Crippen LogP contribution in [0.4, 0.5) is 10.1 Å². The minimum atomic E-state index is -0.470. The van der Waals surface area contributed by atoms with E-state index in [1.165, 1.54) is 11.0 Å². The second-order valence-electron chi connectivity index (χ2n) is 6.23. The van der Waals surface area contributed by atoms with Crippen LogP contribution in [0.2, 0.25) is 0 Å². The van der Waals surface area contributed by atoms with Gasteiger partial charge in [0.1, 0.15) is 5.82 Å². The Labute approximate surface area is 157 Å². The van der Waals surface area contributed by atoms with Crippen LogP contribution in [-0.4, -0.2) is 11.7 Å². The van der Waals surface area contributed by atoms with Crippen molar-refractivity contribution in [1.82, 2.24) is 0 Å². The van der Waals surface area contributed by atoms with Crippen LogP contribution in [0, 0.1) is 5.82 Å². The number of benzene rings is 1. The van der Waals surface area contributed by atoms with Gasteiger partial charge in [0.2, 0.25) is 5.91 Å². The van der Waals surface area contributed by atoms with Gasteiger partial charge in [-0.25, -0.2) is 4.39 Å². The quantitative estimate of drug-likeness (QED) is 0.672. The second kappa shape index (κ2) is 6.50. The van der Waals surface area contributed by atoms with Gasteiger partial charge >= 0.3 is 0 Å². The van der Waals surface area contributed by atoms with Gasteiger partial charge in [0, 0.05) is 39.4 Å². The summed E-state index contributed by atoms with van der Waals surface area (Å²) in [5.74, 6) is -0.755. The lowest BCUT2D eigenvalue weighted by Gasteiger charge is -2.38. The fourth-order valence-electron chi connectivity index (χ4n) is 3.67. The number of carbonyl (C=O) groups excluding carboxylic acids is 2. The predicted octanol–water partition coefficient (Wildman–Crippen LogP) is 5.18. The van der Waals surface area contributed by atoms with Crippen LogP contribution >= 0.6 is 27.3 Å². The van der Waals surface area contributed by atoms with Gasteiger partial charge in [0.15, 0.2) is 5.78 Å². The molecule has 1 aromatic heterocycles. The maximum atomic E-state index is 14.5. The molecule has 0 unspecified atom stereocenters. The number of ketones is 1. The Morgan fingerprint density at radius 3 is 2.76 bits per heavy atom. The first-order valence-corrected chi connectivity index (χ1v) is 9.81. The molecule has 2 aromatic rings. The lowest BCUT2D eigenvalue weighted by atomic mass is 9.79. The monoisotopic (exact) mass is 419 g/mol. The van der Waals surface area contributed by atoms with E-state index in [-0.39, 0.29) is 29.7 Å². The third-order valence-electron chi connectivity index (χ3n) is 4.71. The van der Waals surface area contributed by atoms with Crippen molar-refractivity contribution in [3.05, 3.63) is 62.1 Å². The number of hydrogen-bond acceptors (Lipinski definition) is 3. The maximum Gasteiger partial charge on any atom is 0.232 e. The van der Waals surface area contributed by atoms with Crippen LogP contribution < -0.4 is 4.90 Å². The first-order chi connectivity index (χ1) is 12.1. The van der Waals surface area contributed by atoms with Crippen LogP contribution in [0.3, 0.4) is 0 Å². The maximum absolute atomic E-state index is 14.5. The van der Waals surface area contributed by atoms with Gasteiger partial charge in [-0.05, 0) is 42.5 Å². The van der Waals surface area contributed by atoms with Crippen LogP contribution in [0.15, 0.2) is 51.5 Å². The lowest BCUT2D eigenvalue weighted by molar-refractivity contribution is -0.119. The first kappa shape index (κ1) is 16.7. The molecule has 4 rings (SSSR count). The molecule has 1 atom stereocenters. The van der Waals surface area contributed by atoms with E-state index in [1.807, 2.05) is 17.5 Å². The Morgan fingerprint density at radius 2 is 2.04 bits per heavy atom. The predicted molar refractivity (Wildman–Crippen MR) is 99.1 cm³/mol. The van der Waals surface area contributed by atoms with Crippen molar-refractivity contribution in [2.75, 3.05) is 4.90 Å². The first-order valence-electron chi connectivity index (χ1n) is 8.14. The van der Waals surface area contributed by atoms with Gasteiger partial charge in [-0.15, -0.1) is 11.3 Å². The van der Waals surface area contributed by atoms with Gasteiger partial charge < -0.3 is 0 Å². The smallest absolute Gasteiger partial charge is 0.232 e. The van der Waals surface area contributed by atoms with Crippen LogP contribution in [0.5, 0.6) is 0 Å². The molecule has 0 saturated carbocycles. The molecular weight excluding hydrogens is 405 g/mol. The molecule has 1 amide bonds. The Balaban J connectivity index is 1.88. The molecule has 6 heteroatoms. The van der Waals surface area contributed by atoms with Gasteiger partial charge in [-0.3, -0.25) is 14.5 Å². The fraction of sp³-hybridized carbons (Fsp3) is 0.263. The Bertz CT molecular complexity index is 891. The van der Waals surface area contributed by atoms with Crippen molar-refractivity contribution < 1.29 is 14.0 Å². The second-order valence-corrected chi connectivity index (χ2v) is 8.13. The molecule has 1 aliphatic carbocycles. The van der Waals surface area contributed by atoms with Crippen molar-refractivity contribution in [3.8, 4) is 0 Å². The number of carbonyl (C=O) groups is 2. The van der Waals surface area contributed by atoms with E-state index in [0.29, 0.717) is 35.0 Å². The number of halogens is 2. The van der Waals surface area contributed by atoms with E-state index in [2.05, 4.69) is 15.9 Å². The number of nitrogens with zero attached hydrogens (tertiary/aromatic N) is 1. The largest absolute Gasteiger partial charge is 0.294 e. The normalized spacial score (nSPS) is 20.9. The molecule has 3 nitrogen and oxygen atoms in total. The van der Waals surface area contributed by atoms with E-state index < -0.39 is 5.82 Å². The zero-order chi connectivity index (χ0) is 17.6. The molecule has 0 radical (unpaired) electrons. The SMILES string of the molecule is O=C1CCCC2=C1[C@H](c1cccs1)CC(=O)N2c1ccc(Br)cc1F. The van der Waals surface area contributed by atoms with Crippen molar-refractivity contribution in [3.63, 3.8) is 0 Å². The zero-order valence-corrected chi connectivity index (χ0v) is 15.7. The highest BCUT2D eigenvalue weighted by atomic mass is 79.9. The Morgan fingerprint density at radius 1 is 1.20 bits per heavy atom. The topological polar surface area (TPSA) is 37.4 Å². The van der Waals surface area contributed by atoms with E-state index in [1.54, 1.807) is 23.5 Å². The fourth-order valence-corrected chi connectivity index (χ4v) is 4.84. The summed E-state index contributed by atoms with van der Waals surface area (Å²) >= 11 is 4.80. The lowest BCUT2D eigenvalue weighted by Crippen LogP contribution is -2.40. The molecule has 25 heavy (non-hydrogen) atoms. The molecule has 0 saturated heterocycles. The molecule has 0 fully saturated rings. The summed E-state index contributed by atoms with van der Waals surface area (Å²) < 4.78 is 15.1. The molecule has 1 aromatic carbocycles. The standard InChI is InChI=1S/C19H15BrFNO2S/c20-11-6-7-14(13(21)9-11)22-15-3-1-4-16(23)19(15)12(10-18(22)24)17-5-2-8-25-17/h2,5-9,12H,1,3-4,10H2/t12-/m0/s1. The summed E-state index contributed by atoms with van der Waals surface area (Å²) in [6.07, 6.45) is 1.99. The van der Waals surface area contributed by atoms with E-state index in [4.69, 9.17) is 0 Å². The van der Waals surface area contributed by atoms with Gasteiger partial charge in [-0.1, -0.05) is 22.0 Å². The van der Waals surface area contributed by atoms with Crippen molar-refractivity contribution in [2.45, 2.75) is 31.6 Å². The summed E-state index contributed by atoms with van der Waals surface area (Å²) in [6.45, 7) is 0. The zero-order valence-electron chi connectivity index (χ0n) is 13.3. The molecule has 2 aliphatic rings. The number of hydrogen-bond donors (Lipinski definition) is 0. The third-order valence-corrected chi connectivity index (χ3v) is 6.19. The third kappa shape index (κ3) is 2.87. The molecular formula is C19H15BrFNO2S. The number of Topliss-reactive ketones (excluding diaryl/α,β-unsaturated/α-hetero) is 1. The highest BCUT2D eigenvalue weighted by molar-refractivity contribution is 9.10. The van der Waals surface area contributed by atoms with Gasteiger partial charge in [-0.2, -0.15) is 0 Å². The molecule has 0 spiro atoms. The van der Waals surface area contributed by atoms with Crippen molar-refractivity contribution >= 4 is 44.6 Å². The average molecular weight is 420 g/mol. The number of allylic oxidation sites excluding steroid dienone is 2. The van der Waals surface area contributed by atoms with E-state index in [0.717, 1.165) is 4.88 Å². The van der Waals surface area contributed by atoms with E-state index >= 15 is 0 Å². The average Bonchev–Trinajstić information content (AvgIpc) is 3.10. The highest BCUT2D eigenvalue weighted by Gasteiger charge is 2.40. The van der Waals surface area contributed by atoms with Crippen molar-refractivity contribution in [1.29, 1.82) is 0 Å². The highest BCUT2D eigenvalue weighted by Crippen LogP contribution is 2.44. The number of thiophene rings is 1. The summed E-state index contributed by atoms with van der Waals surface area (Å²) in [5.41, 5.74) is 1.59. The molecule has 2 heterocycles. The summed E-state index contributed by atoms with van der Waals surface area (Å²) in [7, 11) is 0. The Hall–Kier alpha value is -1.79. The van der Waals surface area contributed by atoms with Gasteiger partial charge in [0.05, 0.1) is 5.69 Å². The summed E-state index contributed by atoms with van der Waals surface area (Å²) in [5, 5.41) is 1.95. The van der Waals surface area contributed by atoms with Gasteiger partial charge in [0.25, 0.3) is 0 Å². The minimum absolute atomic E-state index is 0.0784. The van der Waals surface area contributed by atoms with Crippen LogP contribution in [0.1, 0.15) is 36.5 Å².